The topological polar surface area (TPSA) is 75.6 Å². The van der Waals surface area contributed by atoms with Gasteiger partial charge in [-0.2, -0.15) is 0 Å². The smallest absolute Gasteiger partial charge is 0.330 e. The van der Waals surface area contributed by atoms with E-state index in [1.165, 1.54) is 0 Å². The predicted molar refractivity (Wildman–Crippen MR) is 81.7 cm³/mol. The van der Waals surface area contributed by atoms with E-state index in [1.54, 1.807) is 61.7 Å². The van der Waals surface area contributed by atoms with Crippen LogP contribution in [0.15, 0.2) is 54.6 Å². The molecule has 1 unspecified atom stereocenters. The molecule has 1 atom stereocenters. The van der Waals surface area contributed by atoms with Crippen molar-refractivity contribution >= 4 is 11.9 Å². The molecule has 0 saturated carbocycles. The predicted octanol–water partition coefficient (Wildman–Crippen LogP) is 2.18. The molecule has 22 heavy (non-hydrogen) atoms. The largest absolute Gasteiger partial charge is 0.497 e. The van der Waals surface area contributed by atoms with Gasteiger partial charge in [0.2, 0.25) is 5.91 Å². The number of methoxy groups -OCH3 is 1. The highest BCUT2D eigenvalue weighted by atomic mass is 16.5. The van der Waals surface area contributed by atoms with Gasteiger partial charge in [0.05, 0.1) is 13.5 Å². The van der Waals surface area contributed by atoms with Gasteiger partial charge < -0.3 is 15.2 Å². The van der Waals surface area contributed by atoms with Crippen LogP contribution in [0.4, 0.5) is 0 Å². The van der Waals surface area contributed by atoms with Crippen molar-refractivity contribution in [2.45, 2.75) is 12.5 Å². The van der Waals surface area contributed by atoms with E-state index in [9.17, 15) is 14.7 Å². The van der Waals surface area contributed by atoms with Crippen LogP contribution in [-0.2, 0) is 16.0 Å². The molecule has 0 spiro atoms. The summed E-state index contributed by atoms with van der Waals surface area (Å²) in [5, 5.41) is 11.8. The molecule has 0 bridgehead atoms. The lowest BCUT2D eigenvalue weighted by Crippen LogP contribution is -2.34. The Morgan fingerprint density at radius 2 is 1.73 bits per heavy atom. The molecule has 2 N–H and O–H groups in total. The lowest BCUT2D eigenvalue weighted by atomic mass is 10.1. The Morgan fingerprint density at radius 3 is 2.27 bits per heavy atom. The summed E-state index contributed by atoms with van der Waals surface area (Å²) in [4.78, 5) is 23.4. The molecule has 5 heteroatoms. The molecule has 0 saturated heterocycles. The molecule has 0 aromatic heterocycles. The number of ether oxygens (including phenoxy) is 1. The fraction of sp³-hybridized carbons (Fsp3) is 0.176. The number of carboxylic acid groups (broad SMARTS) is 1. The van der Waals surface area contributed by atoms with Crippen molar-refractivity contribution in [1.29, 1.82) is 0 Å². The number of rotatable bonds is 6. The summed E-state index contributed by atoms with van der Waals surface area (Å²) in [5.74, 6) is -0.729. The second-order valence-electron chi connectivity index (χ2n) is 4.77. The van der Waals surface area contributed by atoms with Gasteiger partial charge in [-0.05, 0) is 23.3 Å². The Morgan fingerprint density at radius 1 is 1.09 bits per heavy atom. The van der Waals surface area contributed by atoms with Gasteiger partial charge in [0.25, 0.3) is 0 Å². The highest BCUT2D eigenvalue weighted by Gasteiger charge is 2.21. The average Bonchev–Trinajstić information content (AvgIpc) is 2.54. The van der Waals surface area contributed by atoms with E-state index in [-0.39, 0.29) is 12.3 Å². The highest BCUT2D eigenvalue weighted by Crippen LogP contribution is 2.14. The van der Waals surface area contributed by atoms with E-state index in [0.717, 1.165) is 5.56 Å². The minimum Gasteiger partial charge on any atom is -0.497 e. The lowest BCUT2D eigenvalue weighted by Gasteiger charge is -2.15. The Bertz CT molecular complexity index is 637. The number of carbonyl (C=O) groups excluding carboxylic acids is 1. The number of carboxylic acids is 1. The Hall–Kier alpha value is -2.82. The molecule has 2 aromatic carbocycles. The van der Waals surface area contributed by atoms with Crippen molar-refractivity contribution in [3.8, 4) is 5.75 Å². The quantitative estimate of drug-likeness (QED) is 0.857. The normalized spacial score (nSPS) is 11.5. The maximum absolute atomic E-state index is 12.0. The van der Waals surface area contributed by atoms with Gasteiger partial charge >= 0.3 is 5.97 Å². The fourth-order valence-corrected chi connectivity index (χ4v) is 2.07. The number of carbonyl (C=O) groups is 2. The van der Waals surface area contributed by atoms with Crippen LogP contribution in [0, 0.1) is 0 Å². The average molecular weight is 299 g/mol. The zero-order valence-electron chi connectivity index (χ0n) is 12.2. The summed E-state index contributed by atoms with van der Waals surface area (Å²) in [6, 6.07) is 14.6. The molecule has 0 fully saturated rings. The van der Waals surface area contributed by atoms with E-state index < -0.39 is 12.0 Å². The van der Waals surface area contributed by atoms with Crippen LogP contribution in [-0.4, -0.2) is 24.1 Å². The number of amides is 1. The van der Waals surface area contributed by atoms with E-state index >= 15 is 0 Å². The SMILES string of the molecule is COc1ccc(CC(=O)NC(C(=O)O)c2ccccc2)cc1. The van der Waals surface area contributed by atoms with Gasteiger partial charge in [0.1, 0.15) is 5.75 Å². The first-order valence-electron chi connectivity index (χ1n) is 6.80. The molecular weight excluding hydrogens is 282 g/mol. The summed E-state index contributed by atoms with van der Waals surface area (Å²) in [7, 11) is 1.57. The number of hydrogen-bond acceptors (Lipinski definition) is 3. The van der Waals surface area contributed by atoms with Crippen molar-refractivity contribution in [2.75, 3.05) is 7.11 Å². The standard InChI is InChI=1S/C17H17NO4/c1-22-14-9-7-12(8-10-14)11-15(19)18-16(17(20)21)13-5-3-2-4-6-13/h2-10,16H,11H2,1H3,(H,18,19)(H,20,21). The Labute approximate surface area is 128 Å². The van der Waals surface area contributed by atoms with Gasteiger partial charge in [-0.3, -0.25) is 4.79 Å². The third-order valence-corrected chi connectivity index (χ3v) is 3.21. The van der Waals surface area contributed by atoms with Crippen molar-refractivity contribution < 1.29 is 19.4 Å². The van der Waals surface area contributed by atoms with Gasteiger partial charge in [-0.1, -0.05) is 42.5 Å². The molecule has 5 nitrogen and oxygen atoms in total. The monoisotopic (exact) mass is 299 g/mol. The van der Waals surface area contributed by atoms with Crippen LogP contribution in [0.5, 0.6) is 5.75 Å². The molecule has 2 rings (SSSR count). The van der Waals surface area contributed by atoms with Crippen molar-refractivity contribution in [3.63, 3.8) is 0 Å². The molecule has 2 aromatic rings. The van der Waals surface area contributed by atoms with E-state index in [4.69, 9.17) is 4.74 Å². The minimum atomic E-state index is -1.09. The molecule has 1 amide bonds. The van der Waals surface area contributed by atoms with Gasteiger partial charge in [-0.25, -0.2) is 4.79 Å². The van der Waals surface area contributed by atoms with Crippen molar-refractivity contribution in [1.82, 2.24) is 5.32 Å². The van der Waals surface area contributed by atoms with E-state index in [0.29, 0.717) is 11.3 Å². The summed E-state index contributed by atoms with van der Waals surface area (Å²) in [5.41, 5.74) is 1.33. The zero-order valence-corrected chi connectivity index (χ0v) is 12.2. The van der Waals surface area contributed by atoms with Crippen LogP contribution in [0.3, 0.4) is 0 Å². The van der Waals surface area contributed by atoms with Gasteiger partial charge in [0.15, 0.2) is 6.04 Å². The van der Waals surface area contributed by atoms with Crippen molar-refractivity contribution in [2.24, 2.45) is 0 Å². The van der Waals surface area contributed by atoms with Crippen LogP contribution in [0.1, 0.15) is 17.2 Å². The summed E-state index contributed by atoms with van der Waals surface area (Å²) >= 11 is 0. The molecule has 0 aliphatic rings. The lowest BCUT2D eigenvalue weighted by molar-refractivity contribution is -0.141. The Balaban J connectivity index is 2.03. The van der Waals surface area contributed by atoms with Crippen LogP contribution in [0.25, 0.3) is 0 Å². The molecular formula is C17H17NO4. The first-order valence-corrected chi connectivity index (χ1v) is 6.80. The molecule has 114 valence electrons. The number of benzene rings is 2. The number of nitrogens with one attached hydrogen (secondary N) is 1. The van der Waals surface area contributed by atoms with Gasteiger partial charge in [-0.15, -0.1) is 0 Å². The maximum atomic E-state index is 12.0. The fourth-order valence-electron chi connectivity index (χ4n) is 2.07. The second kappa shape index (κ2) is 7.26. The van der Waals surface area contributed by atoms with Gasteiger partial charge in [0, 0.05) is 0 Å². The summed E-state index contributed by atoms with van der Waals surface area (Å²) in [6.45, 7) is 0. The van der Waals surface area contributed by atoms with Crippen molar-refractivity contribution in [3.05, 3.63) is 65.7 Å². The minimum absolute atomic E-state index is 0.112. The third-order valence-electron chi connectivity index (χ3n) is 3.21. The second-order valence-corrected chi connectivity index (χ2v) is 4.77. The van der Waals surface area contributed by atoms with E-state index in [2.05, 4.69) is 5.32 Å². The highest BCUT2D eigenvalue weighted by molar-refractivity contribution is 5.85. The van der Waals surface area contributed by atoms with E-state index in [1.807, 2.05) is 0 Å². The summed E-state index contributed by atoms with van der Waals surface area (Å²) in [6.07, 6.45) is 0.112. The first-order chi connectivity index (χ1) is 10.6. The third kappa shape index (κ3) is 4.09. The molecule has 0 radical (unpaired) electrons. The molecule has 0 aliphatic heterocycles. The Kier molecular flexibility index (Phi) is 5.14. The summed E-state index contributed by atoms with van der Waals surface area (Å²) < 4.78 is 5.05. The molecule has 0 aliphatic carbocycles. The van der Waals surface area contributed by atoms with Crippen LogP contribution in [0.2, 0.25) is 0 Å². The maximum Gasteiger partial charge on any atom is 0.330 e. The molecule has 0 heterocycles. The number of hydrogen-bond donors (Lipinski definition) is 2. The zero-order chi connectivity index (χ0) is 15.9. The van der Waals surface area contributed by atoms with Crippen LogP contribution >= 0.6 is 0 Å². The first kappa shape index (κ1) is 15.6. The van der Waals surface area contributed by atoms with Crippen LogP contribution < -0.4 is 10.1 Å². The number of aliphatic carboxylic acids is 1.